The molecular weight excluding hydrogens is 320 g/mol. The third-order valence-electron chi connectivity index (χ3n) is 3.90. The number of anilines is 1. The van der Waals surface area contributed by atoms with E-state index in [2.05, 4.69) is 10.6 Å². The zero-order chi connectivity index (χ0) is 17.8. The Bertz CT molecular complexity index is 810. The van der Waals surface area contributed by atoms with E-state index in [0.717, 1.165) is 12.8 Å². The van der Waals surface area contributed by atoms with Crippen molar-refractivity contribution in [1.82, 2.24) is 5.32 Å². The van der Waals surface area contributed by atoms with Crippen LogP contribution < -0.4 is 10.6 Å². The molecule has 1 aliphatic carbocycles. The van der Waals surface area contributed by atoms with Crippen molar-refractivity contribution in [1.29, 1.82) is 0 Å². The monoisotopic (exact) mass is 338 g/mol. The van der Waals surface area contributed by atoms with Crippen LogP contribution in [0.25, 0.3) is 0 Å². The number of carbonyl (C=O) groups is 3. The molecule has 25 heavy (non-hydrogen) atoms. The minimum absolute atomic E-state index is 0.134. The Hall–Kier alpha value is -3.15. The Balaban J connectivity index is 1.71. The molecule has 6 heteroatoms. The molecule has 0 saturated heterocycles. The first-order valence-corrected chi connectivity index (χ1v) is 7.98. The molecule has 0 aromatic heterocycles. The average molecular weight is 338 g/mol. The third-order valence-corrected chi connectivity index (χ3v) is 3.90. The molecule has 1 fully saturated rings. The number of amides is 2. The van der Waals surface area contributed by atoms with E-state index in [1.165, 1.54) is 7.11 Å². The molecule has 2 N–H and O–H groups in total. The van der Waals surface area contributed by atoms with Gasteiger partial charge in [0.25, 0.3) is 11.8 Å². The van der Waals surface area contributed by atoms with E-state index in [9.17, 15) is 14.4 Å². The number of carbonyl (C=O) groups excluding carboxylic acids is 3. The predicted octanol–water partition coefficient (Wildman–Crippen LogP) is 2.62. The minimum Gasteiger partial charge on any atom is -0.465 e. The number of rotatable bonds is 5. The van der Waals surface area contributed by atoms with Crippen molar-refractivity contribution in [2.75, 3.05) is 12.4 Å². The fourth-order valence-corrected chi connectivity index (χ4v) is 2.34. The van der Waals surface area contributed by atoms with Crippen LogP contribution in [0, 0.1) is 0 Å². The van der Waals surface area contributed by atoms with Gasteiger partial charge in [0.05, 0.1) is 18.4 Å². The van der Waals surface area contributed by atoms with Gasteiger partial charge in [0.2, 0.25) is 0 Å². The van der Waals surface area contributed by atoms with Crippen molar-refractivity contribution in [3.05, 3.63) is 65.2 Å². The fourth-order valence-electron chi connectivity index (χ4n) is 2.34. The van der Waals surface area contributed by atoms with Gasteiger partial charge in [-0.25, -0.2) is 4.79 Å². The van der Waals surface area contributed by atoms with Crippen molar-refractivity contribution >= 4 is 23.5 Å². The lowest BCUT2D eigenvalue weighted by Crippen LogP contribution is -2.25. The van der Waals surface area contributed by atoms with Gasteiger partial charge in [-0.2, -0.15) is 0 Å². The van der Waals surface area contributed by atoms with Gasteiger partial charge in [-0.1, -0.05) is 12.1 Å². The van der Waals surface area contributed by atoms with E-state index in [1.54, 1.807) is 48.5 Å². The standard InChI is InChI=1S/C19H18N2O4/c1-25-19(24)15-4-2-3-5-16(15)21-18(23)13-8-6-12(7-9-13)17(22)20-14-10-11-14/h2-9,14H,10-11H2,1H3,(H,20,22)(H,21,23). The highest BCUT2D eigenvalue weighted by atomic mass is 16.5. The van der Waals surface area contributed by atoms with E-state index in [0.29, 0.717) is 16.8 Å². The predicted molar refractivity (Wildman–Crippen MR) is 92.7 cm³/mol. The first-order valence-electron chi connectivity index (χ1n) is 7.98. The van der Waals surface area contributed by atoms with Gasteiger partial charge < -0.3 is 15.4 Å². The molecule has 1 saturated carbocycles. The smallest absolute Gasteiger partial charge is 0.339 e. The zero-order valence-electron chi connectivity index (χ0n) is 13.7. The summed E-state index contributed by atoms with van der Waals surface area (Å²) in [4.78, 5) is 36.1. The number of methoxy groups -OCH3 is 1. The van der Waals surface area contributed by atoms with Crippen LogP contribution in [0.4, 0.5) is 5.69 Å². The van der Waals surface area contributed by atoms with E-state index >= 15 is 0 Å². The molecule has 0 heterocycles. The number of hydrogen-bond acceptors (Lipinski definition) is 4. The Morgan fingerprint density at radius 3 is 2.12 bits per heavy atom. The Morgan fingerprint density at radius 2 is 1.52 bits per heavy atom. The zero-order valence-corrected chi connectivity index (χ0v) is 13.7. The second-order valence-electron chi connectivity index (χ2n) is 5.82. The van der Waals surface area contributed by atoms with E-state index in [1.807, 2.05) is 0 Å². The van der Waals surface area contributed by atoms with Gasteiger partial charge >= 0.3 is 5.97 Å². The highest BCUT2D eigenvalue weighted by molar-refractivity contribution is 6.08. The lowest BCUT2D eigenvalue weighted by molar-refractivity contribution is 0.0601. The van der Waals surface area contributed by atoms with Crippen LogP contribution in [-0.4, -0.2) is 30.9 Å². The van der Waals surface area contributed by atoms with Crippen LogP contribution in [-0.2, 0) is 4.74 Å². The van der Waals surface area contributed by atoms with Gasteiger partial charge in [0.1, 0.15) is 0 Å². The minimum atomic E-state index is -0.525. The maximum atomic E-state index is 12.4. The number of esters is 1. The molecule has 2 aromatic carbocycles. The topological polar surface area (TPSA) is 84.5 Å². The maximum Gasteiger partial charge on any atom is 0.339 e. The normalized spacial score (nSPS) is 13.0. The van der Waals surface area contributed by atoms with Gasteiger partial charge in [-0.15, -0.1) is 0 Å². The van der Waals surface area contributed by atoms with Gasteiger partial charge in [0, 0.05) is 17.2 Å². The molecule has 3 rings (SSSR count). The van der Waals surface area contributed by atoms with Gasteiger partial charge in [-0.05, 0) is 49.2 Å². The summed E-state index contributed by atoms with van der Waals surface area (Å²) >= 11 is 0. The van der Waals surface area contributed by atoms with Gasteiger partial charge in [-0.3, -0.25) is 9.59 Å². The quantitative estimate of drug-likeness (QED) is 0.821. The molecule has 128 valence electrons. The average Bonchev–Trinajstić information content (AvgIpc) is 3.45. The highest BCUT2D eigenvalue weighted by Gasteiger charge is 2.23. The third kappa shape index (κ3) is 4.03. The van der Waals surface area contributed by atoms with Crippen LogP contribution in [0.15, 0.2) is 48.5 Å². The summed E-state index contributed by atoms with van der Waals surface area (Å²) in [6.07, 6.45) is 2.04. The number of ether oxygens (including phenoxy) is 1. The summed E-state index contributed by atoms with van der Waals surface area (Å²) in [6, 6.07) is 13.3. The number of benzene rings is 2. The van der Waals surface area contributed by atoms with Crippen LogP contribution in [0.1, 0.15) is 43.9 Å². The van der Waals surface area contributed by atoms with Crippen LogP contribution in [0.2, 0.25) is 0 Å². The summed E-state index contributed by atoms with van der Waals surface area (Å²) in [5.74, 6) is -1.03. The van der Waals surface area contributed by atoms with Crippen molar-refractivity contribution in [2.45, 2.75) is 18.9 Å². The van der Waals surface area contributed by atoms with Crippen molar-refractivity contribution in [3.63, 3.8) is 0 Å². The Labute approximate surface area is 145 Å². The molecule has 0 aliphatic heterocycles. The fraction of sp³-hybridized carbons (Fsp3) is 0.211. The van der Waals surface area contributed by atoms with E-state index in [4.69, 9.17) is 4.74 Å². The molecule has 2 amide bonds. The lowest BCUT2D eigenvalue weighted by atomic mass is 10.1. The number of nitrogens with one attached hydrogen (secondary N) is 2. The maximum absolute atomic E-state index is 12.4. The first-order chi connectivity index (χ1) is 12.1. The summed E-state index contributed by atoms with van der Waals surface area (Å²) in [6.45, 7) is 0. The molecule has 1 aliphatic rings. The van der Waals surface area contributed by atoms with E-state index in [-0.39, 0.29) is 23.4 Å². The second-order valence-corrected chi connectivity index (χ2v) is 5.82. The van der Waals surface area contributed by atoms with Crippen LogP contribution >= 0.6 is 0 Å². The molecule has 0 bridgehead atoms. The molecule has 0 spiro atoms. The highest BCUT2D eigenvalue weighted by Crippen LogP contribution is 2.20. The van der Waals surface area contributed by atoms with Crippen molar-refractivity contribution in [3.8, 4) is 0 Å². The Kier molecular flexibility index (Phi) is 4.79. The first kappa shape index (κ1) is 16.7. The molecular formula is C19H18N2O4. The molecule has 2 aromatic rings. The number of para-hydroxylation sites is 1. The summed E-state index contributed by atoms with van der Waals surface area (Å²) in [7, 11) is 1.28. The lowest BCUT2D eigenvalue weighted by Gasteiger charge is -2.10. The summed E-state index contributed by atoms with van der Waals surface area (Å²) in [5.41, 5.74) is 1.55. The second kappa shape index (κ2) is 7.17. The largest absolute Gasteiger partial charge is 0.465 e. The van der Waals surface area contributed by atoms with E-state index < -0.39 is 5.97 Å². The molecule has 6 nitrogen and oxygen atoms in total. The Morgan fingerprint density at radius 1 is 0.920 bits per heavy atom. The molecule has 0 atom stereocenters. The molecule has 0 unspecified atom stereocenters. The molecule has 0 radical (unpaired) electrons. The van der Waals surface area contributed by atoms with Gasteiger partial charge in [0.15, 0.2) is 0 Å². The van der Waals surface area contributed by atoms with Crippen LogP contribution in [0.3, 0.4) is 0 Å². The SMILES string of the molecule is COC(=O)c1ccccc1NC(=O)c1ccc(C(=O)NC2CC2)cc1. The van der Waals surface area contributed by atoms with Crippen molar-refractivity contribution in [2.24, 2.45) is 0 Å². The summed E-state index contributed by atoms with van der Waals surface area (Å²) in [5, 5.41) is 5.59. The van der Waals surface area contributed by atoms with Crippen LogP contribution in [0.5, 0.6) is 0 Å². The number of hydrogen-bond donors (Lipinski definition) is 2. The van der Waals surface area contributed by atoms with Crippen molar-refractivity contribution < 1.29 is 19.1 Å². The summed E-state index contributed by atoms with van der Waals surface area (Å²) < 4.78 is 4.71.